The zero-order valence-corrected chi connectivity index (χ0v) is 11.7. The molecule has 0 aromatic heterocycles. The molecule has 3 aromatic carbocycles. The molecule has 0 aliphatic heterocycles. The highest BCUT2D eigenvalue weighted by Gasteiger charge is 2.16. The van der Waals surface area contributed by atoms with Crippen LogP contribution < -0.4 is 0 Å². The second-order valence-corrected chi connectivity index (χ2v) is 4.87. The standard InChI is InChI=1S/C20H16O/c1-3-15-16(4-2)20(21)18-13-9-8-12-17(18)19(15)14-10-6-5-7-11-14/h3-13,21H,1-2H2. The van der Waals surface area contributed by atoms with Crippen LogP contribution in [0.25, 0.3) is 34.1 Å². The van der Waals surface area contributed by atoms with Gasteiger partial charge in [0.05, 0.1) is 0 Å². The van der Waals surface area contributed by atoms with Gasteiger partial charge in [-0.2, -0.15) is 0 Å². The van der Waals surface area contributed by atoms with Gasteiger partial charge < -0.3 is 5.11 Å². The van der Waals surface area contributed by atoms with Crippen LogP contribution in [0, 0.1) is 0 Å². The van der Waals surface area contributed by atoms with Gasteiger partial charge in [0, 0.05) is 10.9 Å². The van der Waals surface area contributed by atoms with Gasteiger partial charge in [0.15, 0.2) is 0 Å². The molecule has 0 spiro atoms. The Labute approximate surface area is 124 Å². The maximum absolute atomic E-state index is 10.5. The van der Waals surface area contributed by atoms with E-state index in [1.54, 1.807) is 12.2 Å². The third-order valence-electron chi connectivity index (χ3n) is 3.74. The number of phenolic OH excluding ortho intramolecular Hbond substituents is 1. The van der Waals surface area contributed by atoms with Crippen LogP contribution in [0.2, 0.25) is 0 Å². The lowest BCUT2D eigenvalue weighted by atomic mass is 9.89. The molecule has 21 heavy (non-hydrogen) atoms. The zero-order valence-electron chi connectivity index (χ0n) is 11.7. The van der Waals surface area contributed by atoms with E-state index in [1.807, 2.05) is 42.5 Å². The Kier molecular flexibility index (Phi) is 3.33. The van der Waals surface area contributed by atoms with Crippen LogP contribution in [0.5, 0.6) is 5.75 Å². The third-order valence-corrected chi connectivity index (χ3v) is 3.74. The smallest absolute Gasteiger partial charge is 0.131 e. The summed E-state index contributed by atoms with van der Waals surface area (Å²) in [4.78, 5) is 0. The van der Waals surface area contributed by atoms with E-state index in [2.05, 4.69) is 25.3 Å². The first-order chi connectivity index (χ1) is 10.3. The van der Waals surface area contributed by atoms with Crippen LogP contribution in [0.1, 0.15) is 11.1 Å². The van der Waals surface area contributed by atoms with Crippen molar-refractivity contribution in [2.45, 2.75) is 0 Å². The Balaban J connectivity index is 2.55. The highest BCUT2D eigenvalue weighted by atomic mass is 16.3. The maximum Gasteiger partial charge on any atom is 0.131 e. The quantitative estimate of drug-likeness (QED) is 0.667. The second-order valence-electron chi connectivity index (χ2n) is 4.87. The van der Waals surface area contributed by atoms with Crippen molar-refractivity contribution in [2.75, 3.05) is 0 Å². The Hall–Kier alpha value is -2.80. The van der Waals surface area contributed by atoms with Gasteiger partial charge in [-0.15, -0.1) is 0 Å². The second kappa shape index (κ2) is 5.29. The molecule has 0 fully saturated rings. The molecule has 102 valence electrons. The van der Waals surface area contributed by atoms with Gasteiger partial charge in [-0.3, -0.25) is 0 Å². The molecule has 0 atom stereocenters. The molecule has 3 aromatic rings. The van der Waals surface area contributed by atoms with E-state index in [-0.39, 0.29) is 5.75 Å². The fourth-order valence-electron chi connectivity index (χ4n) is 2.79. The SMILES string of the molecule is C=Cc1c(C=C)c(-c2ccccc2)c2ccccc2c1O. The molecule has 0 radical (unpaired) electrons. The summed E-state index contributed by atoms with van der Waals surface area (Å²) in [6, 6.07) is 18.0. The summed E-state index contributed by atoms with van der Waals surface area (Å²) in [6.45, 7) is 7.75. The van der Waals surface area contributed by atoms with Gasteiger partial charge in [-0.25, -0.2) is 0 Å². The number of aromatic hydroxyl groups is 1. The molecule has 3 rings (SSSR count). The molecule has 0 heterocycles. The molecule has 0 saturated carbocycles. The lowest BCUT2D eigenvalue weighted by Gasteiger charge is -2.16. The Morgan fingerprint density at radius 1 is 0.714 bits per heavy atom. The monoisotopic (exact) mass is 272 g/mol. The van der Waals surface area contributed by atoms with Gasteiger partial charge >= 0.3 is 0 Å². The highest BCUT2D eigenvalue weighted by molar-refractivity contribution is 6.06. The van der Waals surface area contributed by atoms with Gasteiger partial charge in [0.1, 0.15) is 5.75 Å². The number of hydrogen-bond donors (Lipinski definition) is 1. The van der Waals surface area contributed by atoms with E-state index in [0.717, 1.165) is 33.0 Å². The average Bonchev–Trinajstić information content (AvgIpc) is 2.55. The van der Waals surface area contributed by atoms with Gasteiger partial charge in [0.2, 0.25) is 0 Å². The van der Waals surface area contributed by atoms with E-state index in [1.165, 1.54) is 0 Å². The summed E-state index contributed by atoms with van der Waals surface area (Å²) >= 11 is 0. The van der Waals surface area contributed by atoms with Gasteiger partial charge in [0.25, 0.3) is 0 Å². The molecule has 0 amide bonds. The molecular weight excluding hydrogens is 256 g/mol. The molecule has 0 bridgehead atoms. The molecule has 1 N–H and O–H groups in total. The molecule has 0 aliphatic rings. The van der Waals surface area contributed by atoms with Gasteiger partial charge in [-0.1, -0.05) is 79.9 Å². The first-order valence-electron chi connectivity index (χ1n) is 6.86. The minimum atomic E-state index is 0.259. The van der Waals surface area contributed by atoms with Crippen LogP contribution in [0.3, 0.4) is 0 Å². The normalized spacial score (nSPS) is 10.5. The van der Waals surface area contributed by atoms with E-state index < -0.39 is 0 Å². The highest BCUT2D eigenvalue weighted by Crippen LogP contribution is 2.41. The van der Waals surface area contributed by atoms with Crippen LogP contribution in [0.4, 0.5) is 0 Å². The van der Waals surface area contributed by atoms with Crippen LogP contribution in [-0.4, -0.2) is 5.11 Å². The molecule has 1 heteroatoms. The average molecular weight is 272 g/mol. The largest absolute Gasteiger partial charge is 0.507 e. The van der Waals surface area contributed by atoms with Crippen molar-refractivity contribution in [2.24, 2.45) is 0 Å². The van der Waals surface area contributed by atoms with Crippen LogP contribution in [0.15, 0.2) is 67.8 Å². The van der Waals surface area contributed by atoms with E-state index in [9.17, 15) is 5.11 Å². The Morgan fingerprint density at radius 2 is 1.29 bits per heavy atom. The van der Waals surface area contributed by atoms with E-state index >= 15 is 0 Å². The summed E-state index contributed by atoms with van der Waals surface area (Å²) in [6.07, 6.45) is 3.47. The molecule has 0 unspecified atom stereocenters. The maximum atomic E-state index is 10.5. The Morgan fingerprint density at radius 3 is 1.90 bits per heavy atom. The topological polar surface area (TPSA) is 20.2 Å². The third kappa shape index (κ3) is 2.03. The first kappa shape index (κ1) is 13.2. The fraction of sp³-hybridized carbons (Fsp3) is 0. The van der Waals surface area contributed by atoms with Crippen LogP contribution >= 0.6 is 0 Å². The molecule has 0 saturated heterocycles. The summed E-state index contributed by atoms with van der Waals surface area (Å²) in [7, 11) is 0. The van der Waals surface area contributed by atoms with Crippen molar-refractivity contribution >= 4 is 22.9 Å². The van der Waals surface area contributed by atoms with Crippen LogP contribution in [-0.2, 0) is 0 Å². The minimum absolute atomic E-state index is 0.259. The van der Waals surface area contributed by atoms with Crippen molar-refractivity contribution in [1.82, 2.24) is 0 Å². The predicted octanol–water partition coefficient (Wildman–Crippen LogP) is 5.50. The van der Waals surface area contributed by atoms with Crippen molar-refractivity contribution in [3.05, 3.63) is 78.9 Å². The number of phenols is 1. The van der Waals surface area contributed by atoms with Gasteiger partial charge in [-0.05, 0) is 22.1 Å². The Bertz CT molecular complexity index is 829. The van der Waals surface area contributed by atoms with Crippen molar-refractivity contribution in [3.63, 3.8) is 0 Å². The number of rotatable bonds is 3. The zero-order chi connectivity index (χ0) is 14.8. The minimum Gasteiger partial charge on any atom is -0.507 e. The lowest BCUT2D eigenvalue weighted by Crippen LogP contribution is -1.92. The van der Waals surface area contributed by atoms with Crippen molar-refractivity contribution < 1.29 is 5.11 Å². The molecule has 1 nitrogen and oxygen atoms in total. The lowest BCUT2D eigenvalue weighted by molar-refractivity contribution is 0.480. The fourth-order valence-corrected chi connectivity index (χ4v) is 2.79. The van der Waals surface area contributed by atoms with E-state index in [0.29, 0.717) is 0 Å². The molecule has 0 aliphatic carbocycles. The summed E-state index contributed by atoms with van der Waals surface area (Å²) < 4.78 is 0. The van der Waals surface area contributed by atoms with Crippen molar-refractivity contribution in [1.29, 1.82) is 0 Å². The first-order valence-corrected chi connectivity index (χ1v) is 6.86. The summed E-state index contributed by atoms with van der Waals surface area (Å²) in [5.74, 6) is 0.259. The van der Waals surface area contributed by atoms with E-state index in [4.69, 9.17) is 0 Å². The summed E-state index contributed by atoms with van der Waals surface area (Å²) in [5.41, 5.74) is 3.82. The number of fused-ring (bicyclic) bond motifs is 1. The molecular formula is C20H16O. The number of hydrogen-bond acceptors (Lipinski definition) is 1. The predicted molar refractivity (Wildman–Crippen MR) is 91.2 cm³/mol. The summed E-state index contributed by atoms with van der Waals surface area (Å²) in [5, 5.41) is 12.4. The van der Waals surface area contributed by atoms with Crippen molar-refractivity contribution in [3.8, 4) is 16.9 Å². The number of benzene rings is 3.